The van der Waals surface area contributed by atoms with Crippen LogP contribution in [0.5, 0.6) is 0 Å². The van der Waals surface area contributed by atoms with Gasteiger partial charge in [0.05, 0.1) is 0 Å². The third-order valence-electron chi connectivity index (χ3n) is 1.49. The summed E-state index contributed by atoms with van der Waals surface area (Å²) in [5, 5.41) is 2.86. The van der Waals surface area contributed by atoms with Crippen molar-refractivity contribution in [2.24, 2.45) is 27.2 Å². The van der Waals surface area contributed by atoms with Gasteiger partial charge in [0, 0.05) is 5.69 Å². The van der Waals surface area contributed by atoms with E-state index in [2.05, 4.69) is 65.0 Å². The first-order chi connectivity index (χ1) is 9.31. The quantitative estimate of drug-likeness (QED) is 0.196. The second-order valence-corrected chi connectivity index (χ2v) is 5.32. The molecule has 10 heteroatoms. The van der Waals surface area contributed by atoms with Crippen molar-refractivity contribution in [1.29, 1.82) is 0 Å². The van der Waals surface area contributed by atoms with Gasteiger partial charge in [0.1, 0.15) is 0 Å². The van der Waals surface area contributed by atoms with Gasteiger partial charge in [-0.1, -0.05) is 42.6 Å². The zero-order valence-corrected chi connectivity index (χ0v) is 13.6. The summed E-state index contributed by atoms with van der Waals surface area (Å²) in [7, 11) is 0. The van der Waals surface area contributed by atoms with Crippen LogP contribution in [-0.4, -0.2) is 20.6 Å². The van der Waals surface area contributed by atoms with Gasteiger partial charge >= 0.3 is 0 Å². The van der Waals surface area contributed by atoms with Crippen LogP contribution in [0.25, 0.3) is 0 Å². The van der Waals surface area contributed by atoms with Crippen LogP contribution < -0.4 is 22.5 Å². The van der Waals surface area contributed by atoms with Crippen LogP contribution in [0.3, 0.4) is 0 Å². The number of hydrogen-bond donors (Lipinski definition) is 6. The van der Waals surface area contributed by atoms with Gasteiger partial charge < -0.3 is 22.5 Å². The molecule has 0 spiro atoms. The van der Waals surface area contributed by atoms with Gasteiger partial charge in [0.25, 0.3) is 0 Å². The van der Waals surface area contributed by atoms with Crippen molar-refractivity contribution in [3.63, 3.8) is 0 Å². The van der Waals surface area contributed by atoms with Crippen LogP contribution in [0.2, 0.25) is 0 Å². The second kappa shape index (κ2) is 10.4. The average molecular weight is 347 g/mol. The summed E-state index contributed by atoms with van der Waals surface area (Å²) in [4.78, 5) is 7.10. The summed E-state index contributed by atoms with van der Waals surface area (Å²) in [6.07, 6.45) is 0. The number of aliphatic imine (C=N–C) groups is 2. The number of para-hydroxylation sites is 1. The van der Waals surface area contributed by atoms with E-state index in [4.69, 9.17) is 17.2 Å². The fourth-order valence-electron chi connectivity index (χ4n) is 0.911. The molecule has 0 amide bonds. The standard InChI is InChI=1S/C8H9N3S2.C2H5N3S2/c9-7(11-8(12)13)10-6-4-2-1-3-5-6;3-1(4)5-2(6)7/h1-5H,(H4,9,10,11,12,13);(H5,3,4,5,6,7). The van der Waals surface area contributed by atoms with E-state index in [1.807, 2.05) is 30.3 Å². The smallest absolute Gasteiger partial charge is 0.199 e. The van der Waals surface area contributed by atoms with Gasteiger partial charge in [-0.2, -0.15) is 9.98 Å². The molecule has 0 saturated carbocycles. The van der Waals surface area contributed by atoms with Crippen molar-refractivity contribution >= 4 is 75.9 Å². The molecule has 1 aromatic rings. The molecule has 1 rings (SSSR count). The highest BCUT2D eigenvalue weighted by Crippen LogP contribution is 2.03. The zero-order valence-electron chi connectivity index (χ0n) is 10.2. The van der Waals surface area contributed by atoms with Crippen molar-refractivity contribution in [1.82, 2.24) is 0 Å². The molecule has 6 nitrogen and oxygen atoms in total. The van der Waals surface area contributed by atoms with E-state index in [-0.39, 0.29) is 20.6 Å². The Morgan fingerprint density at radius 2 is 1.45 bits per heavy atom. The number of thiol groups is 2. The Balaban J connectivity index is 0.000000441. The number of nitrogens with one attached hydrogen (secondary N) is 1. The Labute approximate surface area is 138 Å². The van der Waals surface area contributed by atoms with E-state index in [1.165, 1.54) is 0 Å². The van der Waals surface area contributed by atoms with E-state index in [0.29, 0.717) is 0 Å². The lowest BCUT2D eigenvalue weighted by Crippen LogP contribution is -2.23. The number of benzene rings is 1. The molecule has 0 aliphatic heterocycles. The third kappa shape index (κ3) is 11.7. The first kappa shape index (κ1) is 18.6. The molecule has 0 aromatic heterocycles. The Morgan fingerprint density at radius 3 is 1.80 bits per heavy atom. The molecule has 0 aliphatic carbocycles. The number of nitrogens with zero attached hydrogens (tertiary/aromatic N) is 2. The van der Waals surface area contributed by atoms with Gasteiger partial charge in [-0.15, -0.1) is 25.3 Å². The van der Waals surface area contributed by atoms with E-state index < -0.39 is 0 Å². The fraction of sp³-hybridized carbons (Fsp3) is 0. The largest absolute Gasteiger partial charge is 0.370 e. The molecule has 20 heavy (non-hydrogen) atoms. The minimum Gasteiger partial charge on any atom is -0.370 e. The topological polar surface area (TPSA) is 115 Å². The van der Waals surface area contributed by atoms with Gasteiger partial charge in [-0.25, -0.2) is 0 Å². The van der Waals surface area contributed by atoms with Crippen molar-refractivity contribution < 1.29 is 0 Å². The van der Waals surface area contributed by atoms with Crippen LogP contribution in [0.4, 0.5) is 5.69 Å². The van der Waals surface area contributed by atoms with E-state index in [1.54, 1.807) is 0 Å². The van der Waals surface area contributed by atoms with Gasteiger partial charge in [0.2, 0.25) is 0 Å². The lowest BCUT2D eigenvalue weighted by Gasteiger charge is -2.03. The van der Waals surface area contributed by atoms with Crippen molar-refractivity contribution in [3.05, 3.63) is 30.3 Å². The maximum Gasteiger partial charge on any atom is 0.199 e. The molecule has 0 fully saturated rings. The summed E-state index contributed by atoms with van der Waals surface area (Å²) in [5.41, 5.74) is 16.1. The van der Waals surface area contributed by atoms with Gasteiger partial charge in [-0.05, 0) is 12.1 Å². The molecular formula is C10H14N6S4. The first-order valence-corrected chi connectivity index (χ1v) is 6.74. The number of guanidine groups is 2. The molecule has 0 atom stereocenters. The highest BCUT2D eigenvalue weighted by molar-refractivity contribution is 8.11. The summed E-state index contributed by atoms with van der Waals surface area (Å²) >= 11 is 16.5. The highest BCUT2D eigenvalue weighted by Gasteiger charge is 1.93. The molecule has 1 aromatic carbocycles. The number of nitrogens with two attached hydrogens (primary N) is 3. The lowest BCUT2D eigenvalue weighted by molar-refractivity contribution is 1.51. The minimum absolute atomic E-state index is 0.0556. The summed E-state index contributed by atoms with van der Waals surface area (Å²) in [6.45, 7) is 0. The zero-order chi connectivity index (χ0) is 15.5. The molecule has 0 unspecified atom stereocenters. The van der Waals surface area contributed by atoms with Crippen molar-refractivity contribution in [2.45, 2.75) is 0 Å². The van der Waals surface area contributed by atoms with Crippen LogP contribution in [0, 0.1) is 0 Å². The highest BCUT2D eigenvalue weighted by atomic mass is 32.1. The molecule has 7 N–H and O–H groups in total. The molecule has 0 radical (unpaired) electrons. The van der Waals surface area contributed by atoms with E-state index in [9.17, 15) is 0 Å². The number of hydrogen-bond acceptors (Lipinski definition) is 2. The normalized spacial score (nSPS) is 9.80. The summed E-state index contributed by atoms with van der Waals surface area (Å²) in [6, 6.07) is 9.47. The molecular weight excluding hydrogens is 332 g/mol. The van der Waals surface area contributed by atoms with Crippen LogP contribution in [0.1, 0.15) is 0 Å². The predicted octanol–water partition coefficient (Wildman–Crippen LogP) is 1.10. The molecule has 108 valence electrons. The van der Waals surface area contributed by atoms with Crippen molar-refractivity contribution in [3.8, 4) is 0 Å². The van der Waals surface area contributed by atoms with Gasteiger partial charge in [-0.3, -0.25) is 0 Å². The molecule has 0 aliphatic rings. The summed E-state index contributed by atoms with van der Waals surface area (Å²) in [5.74, 6) is 0.186. The average Bonchev–Trinajstić information content (AvgIpc) is 2.27. The second-order valence-electron chi connectivity index (χ2n) is 3.09. The van der Waals surface area contributed by atoms with Crippen molar-refractivity contribution in [2.75, 3.05) is 5.32 Å². The predicted molar refractivity (Wildman–Crippen MR) is 101 cm³/mol. The Kier molecular flexibility index (Phi) is 9.72. The van der Waals surface area contributed by atoms with Crippen LogP contribution in [-0.2, 0) is 0 Å². The monoisotopic (exact) mass is 346 g/mol. The summed E-state index contributed by atoms with van der Waals surface area (Å²) < 4.78 is 0.362. The maximum atomic E-state index is 5.51. The maximum absolute atomic E-state index is 5.51. The number of rotatable bonds is 1. The Hall–Kier alpha value is -1.36. The number of anilines is 1. The SMILES string of the molecule is NC(=NC(=S)S)Nc1ccccc1.NC(N)=NC(=S)S. The Morgan fingerprint density at radius 1 is 0.950 bits per heavy atom. The van der Waals surface area contributed by atoms with Crippen LogP contribution >= 0.6 is 49.7 Å². The first-order valence-electron chi connectivity index (χ1n) is 5.03. The van der Waals surface area contributed by atoms with Gasteiger partial charge in [0.15, 0.2) is 20.6 Å². The number of thiocarbonyl (C=S) groups is 2. The fourth-order valence-corrected chi connectivity index (χ4v) is 1.34. The third-order valence-corrected chi connectivity index (χ3v) is 1.87. The molecule has 0 bridgehead atoms. The lowest BCUT2D eigenvalue weighted by atomic mass is 10.3. The minimum atomic E-state index is -0.0556. The van der Waals surface area contributed by atoms with Crippen LogP contribution in [0.15, 0.2) is 40.3 Å². The molecule has 0 heterocycles. The van der Waals surface area contributed by atoms with E-state index >= 15 is 0 Å². The molecule has 0 saturated heterocycles. The van der Waals surface area contributed by atoms with E-state index in [0.717, 1.165) is 5.69 Å². The Bertz CT molecular complexity index is 510.